The van der Waals surface area contributed by atoms with Gasteiger partial charge in [-0.25, -0.2) is 4.99 Å². The lowest BCUT2D eigenvalue weighted by molar-refractivity contribution is -0.140. The Labute approximate surface area is 181 Å². The van der Waals surface area contributed by atoms with Crippen LogP contribution in [0.5, 0.6) is 0 Å². The van der Waals surface area contributed by atoms with Crippen LogP contribution < -0.4 is 10.6 Å². The summed E-state index contributed by atoms with van der Waals surface area (Å²) < 4.78 is 38.0. The van der Waals surface area contributed by atoms with Crippen LogP contribution in [-0.4, -0.2) is 67.5 Å². The van der Waals surface area contributed by atoms with Crippen molar-refractivity contribution in [2.75, 3.05) is 45.8 Å². The highest BCUT2D eigenvalue weighted by atomic mass is 19.4. The maximum Gasteiger partial charge on any atom is 0.416 e. The fourth-order valence-corrected chi connectivity index (χ4v) is 3.75. The van der Waals surface area contributed by atoms with Crippen LogP contribution in [0.3, 0.4) is 0 Å². The minimum absolute atomic E-state index is 0.261. The van der Waals surface area contributed by atoms with Crippen LogP contribution >= 0.6 is 0 Å². The van der Waals surface area contributed by atoms with E-state index in [4.69, 9.17) is 0 Å². The lowest BCUT2D eigenvalue weighted by atomic mass is 9.84. The molecule has 2 N–H and O–H groups in total. The Morgan fingerprint density at radius 2 is 1.77 bits per heavy atom. The van der Waals surface area contributed by atoms with Crippen LogP contribution in [0.1, 0.15) is 37.3 Å². The van der Waals surface area contributed by atoms with Gasteiger partial charge in [0.05, 0.1) is 12.1 Å². The summed E-state index contributed by atoms with van der Waals surface area (Å²) in [4.78, 5) is 21.1. The van der Waals surface area contributed by atoms with E-state index in [1.54, 1.807) is 0 Å². The third-order valence-corrected chi connectivity index (χ3v) is 5.90. The van der Waals surface area contributed by atoms with Gasteiger partial charge in [-0.1, -0.05) is 18.6 Å². The number of benzene rings is 1. The van der Waals surface area contributed by atoms with Gasteiger partial charge in [0.2, 0.25) is 5.91 Å². The van der Waals surface area contributed by atoms with Crippen LogP contribution in [0.25, 0.3) is 0 Å². The van der Waals surface area contributed by atoms with Crippen molar-refractivity contribution in [1.82, 2.24) is 20.4 Å². The number of piperazine rings is 1. The topological polar surface area (TPSA) is 60.0 Å². The van der Waals surface area contributed by atoms with Crippen molar-refractivity contribution >= 4 is 11.9 Å². The highest BCUT2D eigenvalue weighted by Crippen LogP contribution is 2.29. The van der Waals surface area contributed by atoms with E-state index in [0.717, 1.165) is 63.3 Å². The second-order valence-electron chi connectivity index (χ2n) is 8.11. The summed E-state index contributed by atoms with van der Waals surface area (Å²) in [5.74, 6) is 1.23. The molecule has 0 atom stereocenters. The Hall–Kier alpha value is -2.29. The lowest BCUT2D eigenvalue weighted by Gasteiger charge is -2.38. The lowest BCUT2D eigenvalue weighted by Crippen LogP contribution is -2.52. The van der Waals surface area contributed by atoms with E-state index in [1.807, 2.05) is 11.8 Å². The van der Waals surface area contributed by atoms with Gasteiger partial charge in [0.15, 0.2) is 5.96 Å². The molecule has 1 aromatic carbocycles. The number of amides is 1. The van der Waals surface area contributed by atoms with Crippen LogP contribution in [0.15, 0.2) is 29.3 Å². The Morgan fingerprint density at radius 1 is 1.10 bits per heavy atom. The number of hydrogen-bond donors (Lipinski definition) is 2. The first-order chi connectivity index (χ1) is 14.9. The summed E-state index contributed by atoms with van der Waals surface area (Å²) in [6.45, 7) is 7.84. The van der Waals surface area contributed by atoms with E-state index < -0.39 is 11.7 Å². The fourth-order valence-electron chi connectivity index (χ4n) is 3.75. The molecule has 31 heavy (non-hydrogen) atoms. The minimum atomic E-state index is -4.33. The highest BCUT2D eigenvalue weighted by molar-refractivity contribution is 5.80. The van der Waals surface area contributed by atoms with Gasteiger partial charge in [0, 0.05) is 51.7 Å². The third kappa shape index (κ3) is 6.85. The molecule has 1 heterocycles. The van der Waals surface area contributed by atoms with E-state index >= 15 is 0 Å². The molecule has 2 fully saturated rings. The van der Waals surface area contributed by atoms with Gasteiger partial charge < -0.3 is 15.5 Å². The van der Waals surface area contributed by atoms with Gasteiger partial charge >= 0.3 is 6.18 Å². The van der Waals surface area contributed by atoms with Crippen molar-refractivity contribution in [3.05, 3.63) is 35.4 Å². The monoisotopic (exact) mass is 439 g/mol. The molecular weight excluding hydrogens is 407 g/mol. The Morgan fingerprint density at radius 3 is 2.32 bits per heavy atom. The molecule has 0 aromatic heterocycles. The zero-order valence-electron chi connectivity index (χ0n) is 18.0. The van der Waals surface area contributed by atoms with Crippen molar-refractivity contribution in [3.8, 4) is 0 Å². The smallest absolute Gasteiger partial charge is 0.357 e. The maximum absolute atomic E-state index is 12.7. The van der Waals surface area contributed by atoms with Crippen LogP contribution in [0, 0.1) is 5.92 Å². The Balaban J connectivity index is 1.40. The first-order valence-electron chi connectivity index (χ1n) is 11.1. The molecule has 0 unspecified atom stereocenters. The molecule has 6 nitrogen and oxygen atoms in total. The molecule has 1 saturated heterocycles. The number of carbonyl (C=O) groups is 1. The van der Waals surface area contributed by atoms with E-state index in [1.165, 1.54) is 18.6 Å². The van der Waals surface area contributed by atoms with Crippen molar-refractivity contribution < 1.29 is 18.0 Å². The Bertz CT molecular complexity index is 739. The molecule has 1 saturated carbocycles. The van der Waals surface area contributed by atoms with Gasteiger partial charge in [-0.15, -0.1) is 0 Å². The summed E-state index contributed by atoms with van der Waals surface area (Å²) in [7, 11) is 0. The predicted molar refractivity (Wildman–Crippen MR) is 115 cm³/mol. The van der Waals surface area contributed by atoms with Crippen molar-refractivity contribution in [2.24, 2.45) is 10.9 Å². The SMILES string of the molecule is CCNC(=NCc1ccc(C(F)(F)F)cc1)NCCN1CCN(C(=O)C2CCC2)CC1. The van der Waals surface area contributed by atoms with Gasteiger partial charge in [0.25, 0.3) is 0 Å². The number of aliphatic imine (C=N–C) groups is 1. The van der Waals surface area contributed by atoms with E-state index in [9.17, 15) is 18.0 Å². The van der Waals surface area contributed by atoms with Gasteiger partial charge in [-0.2, -0.15) is 13.2 Å². The molecular formula is C22H32F3N5O. The maximum atomic E-state index is 12.7. The number of halogens is 3. The Kier molecular flexibility index (Phi) is 8.17. The van der Waals surface area contributed by atoms with E-state index in [0.29, 0.717) is 31.5 Å². The largest absolute Gasteiger partial charge is 0.416 e. The number of alkyl halides is 3. The molecule has 0 radical (unpaired) electrons. The molecule has 9 heteroatoms. The first kappa shape index (κ1) is 23.4. The average Bonchev–Trinajstić information content (AvgIpc) is 2.71. The summed E-state index contributed by atoms with van der Waals surface area (Å²) in [6.07, 6.45) is -1.06. The zero-order valence-corrected chi connectivity index (χ0v) is 18.0. The summed E-state index contributed by atoms with van der Waals surface area (Å²) in [5, 5.41) is 6.44. The molecule has 1 aliphatic carbocycles. The van der Waals surface area contributed by atoms with Crippen molar-refractivity contribution in [3.63, 3.8) is 0 Å². The van der Waals surface area contributed by atoms with Crippen molar-refractivity contribution in [2.45, 2.75) is 38.9 Å². The summed E-state index contributed by atoms with van der Waals surface area (Å²) in [5.41, 5.74) is 0.0669. The van der Waals surface area contributed by atoms with Gasteiger partial charge in [-0.05, 0) is 37.5 Å². The van der Waals surface area contributed by atoms with Gasteiger partial charge in [0.1, 0.15) is 0 Å². The molecule has 1 aromatic rings. The molecule has 0 bridgehead atoms. The van der Waals surface area contributed by atoms with Crippen LogP contribution in [0.2, 0.25) is 0 Å². The molecule has 1 amide bonds. The quantitative estimate of drug-likeness (QED) is 0.507. The number of carbonyl (C=O) groups excluding carboxylic acids is 1. The molecule has 2 aliphatic rings. The summed E-state index contributed by atoms with van der Waals surface area (Å²) in [6, 6.07) is 5.08. The minimum Gasteiger partial charge on any atom is -0.357 e. The van der Waals surface area contributed by atoms with Crippen LogP contribution in [0.4, 0.5) is 13.2 Å². The first-order valence-corrected chi connectivity index (χ1v) is 11.1. The normalized spacial score (nSPS) is 18.6. The molecule has 3 rings (SSSR count). The van der Waals surface area contributed by atoms with E-state index in [-0.39, 0.29) is 5.92 Å². The number of nitrogens with zero attached hydrogens (tertiary/aromatic N) is 3. The van der Waals surface area contributed by atoms with Gasteiger partial charge in [-0.3, -0.25) is 9.69 Å². The predicted octanol–water partition coefficient (Wildman–Crippen LogP) is 2.70. The average molecular weight is 440 g/mol. The van der Waals surface area contributed by atoms with Crippen LogP contribution in [-0.2, 0) is 17.5 Å². The fraction of sp³-hybridized carbons (Fsp3) is 0.636. The zero-order chi connectivity index (χ0) is 22.3. The molecule has 172 valence electrons. The second kappa shape index (κ2) is 10.8. The number of rotatable bonds is 7. The van der Waals surface area contributed by atoms with Crippen molar-refractivity contribution in [1.29, 1.82) is 0 Å². The number of hydrogen-bond acceptors (Lipinski definition) is 3. The van der Waals surface area contributed by atoms with E-state index in [2.05, 4.69) is 20.5 Å². The standard InChI is InChI=1S/C22H32F3N5O/c1-2-26-21(28-16-17-6-8-19(9-7-17)22(23,24)25)27-10-11-29-12-14-30(15-13-29)20(31)18-4-3-5-18/h6-9,18H,2-5,10-16H2,1H3,(H2,26,27,28). The second-order valence-corrected chi connectivity index (χ2v) is 8.11. The third-order valence-electron chi connectivity index (χ3n) is 5.90. The highest BCUT2D eigenvalue weighted by Gasteiger charge is 2.31. The number of guanidine groups is 1. The number of nitrogens with one attached hydrogen (secondary N) is 2. The molecule has 1 aliphatic heterocycles. The molecule has 0 spiro atoms. The summed E-state index contributed by atoms with van der Waals surface area (Å²) >= 11 is 0.